The summed E-state index contributed by atoms with van der Waals surface area (Å²) in [5.74, 6) is -0.577. The minimum absolute atomic E-state index is 0.204. The van der Waals surface area contributed by atoms with E-state index in [0.717, 1.165) is 5.56 Å². The van der Waals surface area contributed by atoms with Crippen LogP contribution in [0.4, 0.5) is 0 Å². The molecule has 0 aliphatic carbocycles. The fourth-order valence-electron chi connectivity index (χ4n) is 2.42. The molecule has 1 unspecified atom stereocenters. The van der Waals surface area contributed by atoms with E-state index in [2.05, 4.69) is 13.2 Å². The second-order valence-electron chi connectivity index (χ2n) is 4.75. The lowest BCUT2D eigenvalue weighted by atomic mass is 10.1. The predicted octanol–water partition coefficient (Wildman–Crippen LogP) is 2.66. The van der Waals surface area contributed by atoms with Gasteiger partial charge in [0.05, 0.1) is 11.1 Å². The maximum atomic E-state index is 12.3. The molecule has 0 radical (unpaired) electrons. The highest BCUT2D eigenvalue weighted by atomic mass is 16.2. The SMILES string of the molecule is C=CC1=C(C=C)C(=O)N(C(C)Cc2ccccc2)C1=O. The van der Waals surface area contributed by atoms with E-state index in [4.69, 9.17) is 0 Å². The molecule has 3 heteroatoms. The summed E-state index contributed by atoms with van der Waals surface area (Å²) >= 11 is 0. The number of carbonyl (C=O) groups excluding carboxylic acids is 2. The topological polar surface area (TPSA) is 37.4 Å². The Morgan fingerprint density at radius 2 is 1.55 bits per heavy atom. The van der Waals surface area contributed by atoms with Gasteiger partial charge in [-0.15, -0.1) is 0 Å². The van der Waals surface area contributed by atoms with E-state index in [9.17, 15) is 9.59 Å². The van der Waals surface area contributed by atoms with Crippen molar-refractivity contribution in [3.8, 4) is 0 Å². The van der Waals surface area contributed by atoms with Crippen LogP contribution in [0.1, 0.15) is 12.5 Å². The number of hydrogen-bond acceptors (Lipinski definition) is 2. The number of nitrogens with zero attached hydrogens (tertiary/aromatic N) is 1. The van der Waals surface area contributed by atoms with Gasteiger partial charge in [0.15, 0.2) is 0 Å². The van der Waals surface area contributed by atoms with Gasteiger partial charge in [-0.25, -0.2) is 0 Å². The number of carbonyl (C=O) groups is 2. The van der Waals surface area contributed by atoms with Crippen molar-refractivity contribution in [3.63, 3.8) is 0 Å². The third-order valence-electron chi connectivity index (χ3n) is 3.41. The Labute approximate surface area is 118 Å². The summed E-state index contributed by atoms with van der Waals surface area (Å²) in [4.78, 5) is 25.8. The molecule has 102 valence electrons. The van der Waals surface area contributed by atoms with Crippen molar-refractivity contribution in [2.75, 3.05) is 0 Å². The van der Waals surface area contributed by atoms with Crippen molar-refractivity contribution in [2.24, 2.45) is 0 Å². The normalized spacial score (nSPS) is 16.6. The Bertz CT molecular complexity index is 569. The minimum Gasteiger partial charge on any atom is -0.271 e. The van der Waals surface area contributed by atoms with Crippen molar-refractivity contribution in [1.82, 2.24) is 4.90 Å². The minimum atomic E-state index is -0.289. The highest BCUT2D eigenvalue weighted by Gasteiger charge is 2.38. The summed E-state index contributed by atoms with van der Waals surface area (Å²) in [7, 11) is 0. The number of hydrogen-bond donors (Lipinski definition) is 0. The zero-order valence-electron chi connectivity index (χ0n) is 11.5. The summed E-state index contributed by atoms with van der Waals surface area (Å²) in [6.07, 6.45) is 3.48. The summed E-state index contributed by atoms with van der Waals surface area (Å²) in [6.45, 7) is 9.07. The van der Waals surface area contributed by atoms with Gasteiger partial charge in [0, 0.05) is 6.04 Å². The van der Waals surface area contributed by atoms with Crippen LogP contribution in [-0.4, -0.2) is 22.8 Å². The van der Waals surface area contributed by atoms with Crippen LogP contribution >= 0.6 is 0 Å². The molecule has 0 fully saturated rings. The van der Waals surface area contributed by atoms with Crippen LogP contribution in [0.15, 0.2) is 66.8 Å². The van der Waals surface area contributed by atoms with Crippen LogP contribution in [0.25, 0.3) is 0 Å². The van der Waals surface area contributed by atoms with Crippen LogP contribution in [0, 0.1) is 0 Å². The lowest BCUT2D eigenvalue weighted by Crippen LogP contribution is -2.40. The fourth-order valence-corrected chi connectivity index (χ4v) is 2.42. The van der Waals surface area contributed by atoms with Crippen LogP contribution < -0.4 is 0 Å². The Kier molecular flexibility index (Phi) is 3.99. The first-order valence-corrected chi connectivity index (χ1v) is 6.51. The molecule has 1 atom stereocenters. The average Bonchev–Trinajstić information content (AvgIpc) is 2.69. The Morgan fingerprint density at radius 3 is 2.00 bits per heavy atom. The molecule has 3 nitrogen and oxygen atoms in total. The molecule has 0 bridgehead atoms. The number of amides is 2. The second-order valence-corrected chi connectivity index (χ2v) is 4.75. The molecule has 0 spiro atoms. The first kappa shape index (κ1) is 14.0. The third kappa shape index (κ3) is 2.35. The summed E-state index contributed by atoms with van der Waals surface area (Å²) < 4.78 is 0. The molecule has 1 aromatic rings. The molecular weight excluding hydrogens is 250 g/mol. The van der Waals surface area contributed by atoms with Crippen LogP contribution in [-0.2, 0) is 16.0 Å². The van der Waals surface area contributed by atoms with E-state index in [1.54, 1.807) is 0 Å². The van der Waals surface area contributed by atoms with Crippen LogP contribution in [0.3, 0.4) is 0 Å². The maximum Gasteiger partial charge on any atom is 0.261 e. The van der Waals surface area contributed by atoms with E-state index >= 15 is 0 Å². The highest BCUT2D eigenvalue weighted by molar-refractivity contribution is 6.22. The Balaban J connectivity index is 2.23. The smallest absolute Gasteiger partial charge is 0.261 e. The fraction of sp³-hybridized carbons (Fsp3) is 0.176. The Morgan fingerprint density at radius 1 is 1.05 bits per heavy atom. The molecule has 1 aromatic carbocycles. The van der Waals surface area contributed by atoms with E-state index in [-0.39, 0.29) is 17.9 Å². The zero-order chi connectivity index (χ0) is 14.7. The monoisotopic (exact) mass is 267 g/mol. The van der Waals surface area contributed by atoms with E-state index < -0.39 is 0 Å². The molecule has 0 N–H and O–H groups in total. The second kappa shape index (κ2) is 5.70. The van der Waals surface area contributed by atoms with Crippen LogP contribution in [0.2, 0.25) is 0 Å². The van der Waals surface area contributed by atoms with Crippen LogP contribution in [0.5, 0.6) is 0 Å². The molecule has 2 rings (SSSR count). The first-order valence-electron chi connectivity index (χ1n) is 6.51. The van der Waals surface area contributed by atoms with Crippen molar-refractivity contribution >= 4 is 11.8 Å². The summed E-state index contributed by atoms with van der Waals surface area (Å²) in [5, 5.41) is 0. The zero-order valence-corrected chi connectivity index (χ0v) is 11.5. The Hall–Kier alpha value is -2.42. The molecule has 0 aromatic heterocycles. The summed E-state index contributed by atoms with van der Waals surface area (Å²) in [6, 6.07) is 9.59. The first-order chi connectivity index (χ1) is 9.60. The van der Waals surface area contributed by atoms with Gasteiger partial charge in [0.2, 0.25) is 0 Å². The third-order valence-corrected chi connectivity index (χ3v) is 3.41. The molecule has 0 saturated carbocycles. The standard InChI is InChI=1S/C17H17NO2/c1-4-14-15(5-2)17(20)18(16(14)19)12(3)11-13-9-7-6-8-10-13/h4-10,12H,1-2,11H2,3H3. The highest BCUT2D eigenvalue weighted by Crippen LogP contribution is 2.25. The van der Waals surface area contributed by atoms with Gasteiger partial charge in [0.1, 0.15) is 0 Å². The predicted molar refractivity (Wildman–Crippen MR) is 78.9 cm³/mol. The molecular formula is C17H17NO2. The quantitative estimate of drug-likeness (QED) is 0.769. The molecule has 1 aliphatic heterocycles. The van der Waals surface area contributed by atoms with Gasteiger partial charge < -0.3 is 0 Å². The van der Waals surface area contributed by atoms with Gasteiger partial charge in [-0.3, -0.25) is 14.5 Å². The van der Waals surface area contributed by atoms with Crippen molar-refractivity contribution < 1.29 is 9.59 Å². The van der Waals surface area contributed by atoms with Gasteiger partial charge in [-0.1, -0.05) is 55.6 Å². The van der Waals surface area contributed by atoms with Gasteiger partial charge in [0.25, 0.3) is 11.8 Å². The molecule has 20 heavy (non-hydrogen) atoms. The number of imide groups is 1. The van der Waals surface area contributed by atoms with Crippen molar-refractivity contribution in [3.05, 3.63) is 72.4 Å². The van der Waals surface area contributed by atoms with Gasteiger partial charge >= 0.3 is 0 Å². The van der Waals surface area contributed by atoms with Gasteiger partial charge in [-0.2, -0.15) is 0 Å². The lowest BCUT2D eigenvalue weighted by molar-refractivity contribution is -0.139. The molecule has 1 heterocycles. The van der Waals surface area contributed by atoms with E-state index in [0.29, 0.717) is 17.6 Å². The average molecular weight is 267 g/mol. The number of benzene rings is 1. The van der Waals surface area contributed by atoms with E-state index in [1.165, 1.54) is 17.1 Å². The molecule has 0 saturated heterocycles. The van der Waals surface area contributed by atoms with Crippen molar-refractivity contribution in [1.29, 1.82) is 0 Å². The van der Waals surface area contributed by atoms with E-state index in [1.807, 2.05) is 37.3 Å². The summed E-state index contributed by atoms with van der Waals surface area (Å²) in [5.41, 5.74) is 1.77. The lowest BCUT2D eigenvalue weighted by Gasteiger charge is -2.23. The molecule has 2 amide bonds. The largest absolute Gasteiger partial charge is 0.271 e. The van der Waals surface area contributed by atoms with Crippen molar-refractivity contribution in [2.45, 2.75) is 19.4 Å². The molecule has 1 aliphatic rings. The maximum absolute atomic E-state index is 12.3. The number of rotatable bonds is 5. The van der Waals surface area contributed by atoms with Gasteiger partial charge in [-0.05, 0) is 18.9 Å².